The van der Waals surface area contributed by atoms with Crippen molar-refractivity contribution in [3.8, 4) is 0 Å². The summed E-state index contributed by atoms with van der Waals surface area (Å²) in [6.45, 7) is 2.61. The van der Waals surface area contributed by atoms with E-state index in [1.165, 1.54) is 22.3 Å². The number of aromatic nitrogens is 3. The molecule has 0 saturated carbocycles. The van der Waals surface area contributed by atoms with Gasteiger partial charge >= 0.3 is 0 Å². The summed E-state index contributed by atoms with van der Waals surface area (Å²) in [6, 6.07) is 2.13. The Morgan fingerprint density at radius 1 is 1.34 bits per heavy atom. The summed E-state index contributed by atoms with van der Waals surface area (Å²) in [5.74, 6) is -1.18. The molecule has 2 amide bonds. The van der Waals surface area contributed by atoms with E-state index in [1.54, 1.807) is 30.9 Å². The van der Waals surface area contributed by atoms with Gasteiger partial charge in [-0.1, -0.05) is 0 Å². The largest absolute Gasteiger partial charge is 0.334 e. The third-order valence-electron chi connectivity index (χ3n) is 5.43. The first-order valence-electron chi connectivity index (χ1n) is 9.37. The number of fused-ring (bicyclic) bond motifs is 2. The Bertz CT molecular complexity index is 1120. The lowest BCUT2D eigenvalue weighted by Gasteiger charge is -2.26. The van der Waals surface area contributed by atoms with E-state index in [0.717, 1.165) is 25.1 Å². The molecule has 148 valence electrons. The number of hydrogen-bond donors (Lipinski definition) is 1. The van der Waals surface area contributed by atoms with Gasteiger partial charge in [-0.15, -0.1) is 11.3 Å². The fourth-order valence-electron chi connectivity index (χ4n) is 4.13. The van der Waals surface area contributed by atoms with Crippen LogP contribution in [0.5, 0.6) is 0 Å². The van der Waals surface area contributed by atoms with Crippen LogP contribution in [0.3, 0.4) is 0 Å². The highest BCUT2D eigenvalue weighted by Gasteiger charge is 2.41. The topological polar surface area (TPSA) is 80.1 Å². The molecule has 0 spiro atoms. The maximum atomic E-state index is 14.5. The van der Waals surface area contributed by atoms with Gasteiger partial charge in [0.15, 0.2) is 11.2 Å². The van der Waals surface area contributed by atoms with Gasteiger partial charge in [-0.25, -0.2) is 14.4 Å². The lowest BCUT2D eigenvalue weighted by molar-refractivity contribution is -0.121. The van der Waals surface area contributed by atoms with Crippen molar-refractivity contribution in [1.82, 2.24) is 19.4 Å². The van der Waals surface area contributed by atoms with Gasteiger partial charge < -0.3 is 9.47 Å². The van der Waals surface area contributed by atoms with Crippen molar-refractivity contribution in [3.63, 3.8) is 0 Å². The number of imidazole rings is 1. The number of aryl methyl sites for hydroxylation is 2. The molecule has 1 aromatic carbocycles. The number of hydrogen-bond acceptors (Lipinski definition) is 5. The summed E-state index contributed by atoms with van der Waals surface area (Å²) < 4.78 is 16.5. The van der Waals surface area contributed by atoms with Gasteiger partial charge in [0.25, 0.3) is 11.8 Å². The van der Waals surface area contributed by atoms with Gasteiger partial charge in [0, 0.05) is 34.9 Å². The number of carbonyl (C=O) groups is 2. The minimum Gasteiger partial charge on any atom is -0.334 e. The van der Waals surface area contributed by atoms with Crippen LogP contribution in [0.2, 0.25) is 0 Å². The summed E-state index contributed by atoms with van der Waals surface area (Å²) in [6.07, 6.45) is 5.06. The van der Waals surface area contributed by atoms with Crippen LogP contribution in [0.25, 0.3) is 0 Å². The lowest BCUT2D eigenvalue weighted by atomic mass is 10.1. The van der Waals surface area contributed by atoms with Gasteiger partial charge in [-0.05, 0) is 37.5 Å². The van der Waals surface area contributed by atoms with Crippen LogP contribution in [-0.4, -0.2) is 31.2 Å². The molecule has 5 rings (SSSR count). The molecule has 1 atom stereocenters. The molecule has 0 aliphatic carbocycles. The highest BCUT2D eigenvalue weighted by atomic mass is 32.1. The Labute approximate surface area is 170 Å². The molecule has 3 aromatic rings. The van der Waals surface area contributed by atoms with E-state index in [-0.39, 0.29) is 12.5 Å². The average Bonchev–Trinajstić information content (AvgIpc) is 3.44. The molecule has 2 aliphatic rings. The molecule has 1 N–H and O–H groups in total. The number of nitrogens with one attached hydrogen (secondary N) is 1. The smallest absolute Gasteiger partial charge is 0.255 e. The average molecular weight is 411 g/mol. The van der Waals surface area contributed by atoms with E-state index in [0.29, 0.717) is 27.5 Å². The second kappa shape index (κ2) is 6.77. The van der Waals surface area contributed by atoms with Crippen LogP contribution >= 0.6 is 11.3 Å². The molecule has 0 saturated heterocycles. The summed E-state index contributed by atoms with van der Waals surface area (Å²) in [5, 5.41) is 4.99. The minimum atomic E-state index is -0.951. The second-order valence-corrected chi connectivity index (χ2v) is 8.20. The van der Waals surface area contributed by atoms with Crippen LogP contribution in [0, 0.1) is 12.7 Å². The summed E-state index contributed by atoms with van der Waals surface area (Å²) >= 11 is 1.29. The Morgan fingerprint density at radius 2 is 2.21 bits per heavy atom. The molecule has 9 heteroatoms. The molecule has 7 nitrogen and oxygen atoms in total. The van der Waals surface area contributed by atoms with E-state index in [4.69, 9.17) is 0 Å². The third-order valence-corrected chi connectivity index (χ3v) is 6.12. The first-order valence-corrected chi connectivity index (χ1v) is 10.2. The molecule has 0 radical (unpaired) electrons. The number of rotatable bonds is 4. The standard InChI is InChI=1S/C20H18FN5O2S/c1-11-7-12-13(14(21)8-11)9-26(19(12)28)17(18(27)24-20-22-4-6-29-20)16-15-3-2-5-25(15)10-23-16/h4,6-8,10,17H,2-3,5,9H2,1H3,(H,22,24,27). The maximum Gasteiger partial charge on any atom is 0.255 e. The van der Waals surface area contributed by atoms with E-state index >= 15 is 0 Å². The zero-order valence-corrected chi connectivity index (χ0v) is 16.5. The fraction of sp³-hybridized carbons (Fsp3) is 0.300. The lowest BCUT2D eigenvalue weighted by Crippen LogP contribution is -2.38. The van der Waals surface area contributed by atoms with Gasteiger partial charge in [0.2, 0.25) is 0 Å². The van der Waals surface area contributed by atoms with Gasteiger partial charge in [0.05, 0.1) is 18.6 Å². The predicted octanol–water partition coefficient (Wildman–Crippen LogP) is 3.07. The summed E-state index contributed by atoms with van der Waals surface area (Å²) in [5.41, 5.74) is 2.80. The molecule has 0 bridgehead atoms. The van der Waals surface area contributed by atoms with E-state index in [2.05, 4.69) is 15.3 Å². The molecular weight excluding hydrogens is 393 g/mol. The van der Waals surface area contributed by atoms with Crippen molar-refractivity contribution in [3.05, 3.63) is 63.9 Å². The molecule has 1 unspecified atom stereocenters. The van der Waals surface area contributed by atoms with Crippen molar-refractivity contribution in [2.24, 2.45) is 0 Å². The number of anilines is 1. The number of thiazole rings is 1. The normalized spacial score (nSPS) is 16.1. The number of benzene rings is 1. The Morgan fingerprint density at radius 3 is 3.00 bits per heavy atom. The van der Waals surface area contributed by atoms with Crippen molar-refractivity contribution in [2.75, 3.05) is 5.32 Å². The number of amides is 2. The monoisotopic (exact) mass is 411 g/mol. The minimum absolute atomic E-state index is 0.0303. The zero-order chi connectivity index (χ0) is 20.1. The van der Waals surface area contributed by atoms with E-state index < -0.39 is 17.8 Å². The molecule has 4 heterocycles. The Balaban J connectivity index is 1.56. The summed E-state index contributed by atoms with van der Waals surface area (Å²) in [4.78, 5) is 36.4. The fourth-order valence-corrected chi connectivity index (χ4v) is 4.67. The van der Waals surface area contributed by atoms with Crippen LogP contribution in [0.1, 0.15) is 45.3 Å². The summed E-state index contributed by atoms with van der Waals surface area (Å²) in [7, 11) is 0. The highest BCUT2D eigenvalue weighted by Crippen LogP contribution is 2.36. The van der Waals surface area contributed by atoms with Gasteiger partial charge in [-0.3, -0.25) is 14.9 Å². The van der Waals surface area contributed by atoms with E-state index in [1.807, 2.05) is 4.57 Å². The number of nitrogens with zero attached hydrogens (tertiary/aromatic N) is 4. The molecule has 2 aromatic heterocycles. The first kappa shape index (κ1) is 18.0. The van der Waals surface area contributed by atoms with Crippen molar-refractivity contribution >= 4 is 28.3 Å². The number of carbonyl (C=O) groups excluding carboxylic acids is 2. The molecule has 29 heavy (non-hydrogen) atoms. The van der Waals surface area contributed by atoms with Crippen LogP contribution < -0.4 is 5.32 Å². The van der Waals surface area contributed by atoms with Crippen LogP contribution in [0.15, 0.2) is 30.0 Å². The van der Waals surface area contributed by atoms with Crippen molar-refractivity contribution < 1.29 is 14.0 Å². The van der Waals surface area contributed by atoms with Crippen LogP contribution in [0.4, 0.5) is 9.52 Å². The zero-order valence-electron chi connectivity index (χ0n) is 15.7. The third kappa shape index (κ3) is 2.93. The van der Waals surface area contributed by atoms with Crippen LogP contribution in [-0.2, 0) is 24.3 Å². The van der Waals surface area contributed by atoms with Gasteiger partial charge in [0.1, 0.15) is 5.82 Å². The molecule has 2 aliphatic heterocycles. The van der Waals surface area contributed by atoms with Gasteiger partial charge in [-0.2, -0.15) is 0 Å². The maximum absolute atomic E-state index is 14.5. The van der Waals surface area contributed by atoms with E-state index in [9.17, 15) is 14.0 Å². The quantitative estimate of drug-likeness (QED) is 0.716. The first-order chi connectivity index (χ1) is 14.0. The highest BCUT2D eigenvalue weighted by molar-refractivity contribution is 7.13. The Hall–Kier alpha value is -3.07. The Kier molecular flexibility index (Phi) is 4.20. The van der Waals surface area contributed by atoms with Crippen molar-refractivity contribution in [2.45, 2.75) is 38.9 Å². The number of halogens is 1. The predicted molar refractivity (Wildman–Crippen MR) is 105 cm³/mol. The second-order valence-electron chi connectivity index (χ2n) is 7.31. The molecular formula is C20H18FN5O2S. The van der Waals surface area contributed by atoms with Crippen molar-refractivity contribution in [1.29, 1.82) is 0 Å². The molecule has 0 fully saturated rings. The SMILES string of the molecule is Cc1cc(F)c2c(c1)C(=O)N(C(C(=O)Nc1nccs1)c1ncn3c1CCC3)C2.